The van der Waals surface area contributed by atoms with Gasteiger partial charge in [0.05, 0.1) is 24.1 Å². The number of hydrogen-bond acceptors (Lipinski definition) is 6. The van der Waals surface area contributed by atoms with E-state index in [0.717, 1.165) is 49.2 Å². The quantitative estimate of drug-likeness (QED) is 0.458. The number of pyridine rings is 1. The molecule has 0 saturated carbocycles. The van der Waals surface area contributed by atoms with E-state index in [0.29, 0.717) is 34.2 Å². The van der Waals surface area contributed by atoms with Crippen molar-refractivity contribution in [3.63, 3.8) is 0 Å². The third kappa shape index (κ3) is 4.07. The molecule has 9 heteroatoms. The van der Waals surface area contributed by atoms with E-state index in [-0.39, 0.29) is 5.91 Å². The normalized spacial score (nSPS) is 14.8. The molecule has 9 nitrogen and oxygen atoms in total. The van der Waals surface area contributed by atoms with Crippen molar-refractivity contribution < 1.29 is 9.53 Å². The molecule has 0 spiro atoms. The number of nitrogens with zero attached hydrogens (tertiary/aromatic N) is 5. The standard InChI is InChI=1S/C25H31N7O2/c1-5-26-17-8-10-31(11-9-17)21-7-6-19(23-20(21)15-30(3)29-23)25(33)28-18-12-22(34-4)24-27-16(2)13-32(24)14-18/h6-7,12-15,17,26H,5,8-11H2,1-4H3,(H,28,33). The van der Waals surface area contributed by atoms with Gasteiger partial charge in [-0.15, -0.1) is 0 Å². The molecule has 1 saturated heterocycles. The fourth-order valence-corrected chi connectivity index (χ4v) is 4.88. The summed E-state index contributed by atoms with van der Waals surface area (Å²) in [6.07, 6.45) is 7.96. The zero-order valence-corrected chi connectivity index (χ0v) is 20.1. The van der Waals surface area contributed by atoms with E-state index in [4.69, 9.17) is 4.74 Å². The number of rotatable bonds is 6. The highest BCUT2D eigenvalue weighted by molar-refractivity contribution is 6.14. The molecule has 0 radical (unpaired) electrons. The third-order valence-corrected chi connectivity index (χ3v) is 6.46. The van der Waals surface area contributed by atoms with Crippen LogP contribution < -0.4 is 20.3 Å². The third-order valence-electron chi connectivity index (χ3n) is 6.46. The number of aryl methyl sites for hydroxylation is 2. The van der Waals surface area contributed by atoms with Crippen molar-refractivity contribution in [2.75, 3.05) is 37.0 Å². The zero-order chi connectivity index (χ0) is 23.8. The van der Waals surface area contributed by atoms with Crippen molar-refractivity contribution >= 4 is 33.8 Å². The SMILES string of the molecule is CCNC1CCN(c2ccc(C(=O)Nc3cc(OC)c4nc(C)cn4c3)c3nn(C)cc23)CC1. The molecule has 1 aromatic carbocycles. The van der Waals surface area contributed by atoms with Crippen LogP contribution >= 0.6 is 0 Å². The lowest BCUT2D eigenvalue weighted by molar-refractivity contribution is 0.102. The van der Waals surface area contributed by atoms with Gasteiger partial charge in [-0.3, -0.25) is 9.48 Å². The predicted octanol–water partition coefficient (Wildman–Crippen LogP) is 3.37. The molecular formula is C25H31N7O2. The Kier molecular flexibility index (Phi) is 5.87. The van der Waals surface area contributed by atoms with Crippen LogP contribution in [-0.4, -0.2) is 57.9 Å². The van der Waals surface area contributed by atoms with E-state index in [2.05, 4.69) is 38.6 Å². The van der Waals surface area contributed by atoms with Gasteiger partial charge in [-0.25, -0.2) is 4.98 Å². The van der Waals surface area contributed by atoms with E-state index in [1.54, 1.807) is 17.9 Å². The van der Waals surface area contributed by atoms with Crippen LogP contribution in [0.3, 0.4) is 0 Å². The largest absolute Gasteiger partial charge is 0.493 e. The van der Waals surface area contributed by atoms with Gasteiger partial charge in [0.15, 0.2) is 11.4 Å². The topological polar surface area (TPSA) is 88.7 Å². The molecule has 1 aliphatic rings. The molecule has 178 valence electrons. The minimum atomic E-state index is -0.209. The molecule has 5 rings (SSSR count). The molecule has 3 aromatic heterocycles. The lowest BCUT2D eigenvalue weighted by Gasteiger charge is -2.34. The number of benzene rings is 1. The lowest BCUT2D eigenvalue weighted by Crippen LogP contribution is -2.42. The van der Waals surface area contributed by atoms with Crippen molar-refractivity contribution in [1.82, 2.24) is 24.5 Å². The second-order valence-corrected chi connectivity index (χ2v) is 8.88. The molecule has 0 atom stereocenters. The number of nitrogens with one attached hydrogen (secondary N) is 2. The molecule has 0 unspecified atom stereocenters. The van der Waals surface area contributed by atoms with Crippen LogP contribution in [0.1, 0.15) is 35.8 Å². The van der Waals surface area contributed by atoms with Gasteiger partial charge in [-0.1, -0.05) is 6.92 Å². The molecule has 2 N–H and O–H groups in total. The van der Waals surface area contributed by atoms with Crippen LogP contribution in [0.15, 0.2) is 36.8 Å². The summed E-state index contributed by atoms with van der Waals surface area (Å²) in [6, 6.07) is 6.30. The summed E-state index contributed by atoms with van der Waals surface area (Å²) in [5.74, 6) is 0.393. The summed E-state index contributed by atoms with van der Waals surface area (Å²) in [6.45, 7) is 7.04. The Hall–Kier alpha value is -3.59. The maximum Gasteiger partial charge on any atom is 0.257 e. The van der Waals surface area contributed by atoms with Gasteiger partial charge in [-0.2, -0.15) is 5.10 Å². The number of piperidine rings is 1. The maximum atomic E-state index is 13.3. The van der Waals surface area contributed by atoms with Gasteiger partial charge in [-0.05, 0) is 38.4 Å². The number of amides is 1. The van der Waals surface area contributed by atoms with Crippen LogP contribution in [0.4, 0.5) is 11.4 Å². The van der Waals surface area contributed by atoms with Crippen molar-refractivity contribution in [1.29, 1.82) is 0 Å². The van der Waals surface area contributed by atoms with Gasteiger partial charge in [0.1, 0.15) is 5.52 Å². The number of aromatic nitrogens is 4. The van der Waals surface area contributed by atoms with Gasteiger partial charge >= 0.3 is 0 Å². The Morgan fingerprint density at radius 1 is 1.21 bits per heavy atom. The minimum absolute atomic E-state index is 0.209. The fraction of sp³-hybridized carbons (Fsp3) is 0.400. The number of fused-ring (bicyclic) bond motifs is 2. The lowest BCUT2D eigenvalue weighted by atomic mass is 10.0. The number of carbonyl (C=O) groups excluding carboxylic acids is 1. The summed E-state index contributed by atoms with van der Waals surface area (Å²) in [7, 11) is 3.49. The second kappa shape index (κ2) is 8.98. The number of methoxy groups -OCH3 is 1. The Balaban J connectivity index is 1.44. The molecule has 1 fully saturated rings. The highest BCUT2D eigenvalue weighted by Gasteiger charge is 2.23. The van der Waals surface area contributed by atoms with Crippen LogP contribution in [0.25, 0.3) is 16.6 Å². The molecule has 0 aliphatic carbocycles. The smallest absolute Gasteiger partial charge is 0.257 e. The first-order valence-corrected chi connectivity index (χ1v) is 11.8. The Labute approximate surface area is 198 Å². The zero-order valence-electron chi connectivity index (χ0n) is 20.1. The fourth-order valence-electron chi connectivity index (χ4n) is 4.88. The van der Waals surface area contributed by atoms with Crippen molar-refractivity contribution in [3.05, 3.63) is 48.0 Å². The number of imidazole rings is 1. The summed E-state index contributed by atoms with van der Waals surface area (Å²) in [4.78, 5) is 20.2. The van der Waals surface area contributed by atoms with Crippen molar-refractivity contribution in [3.8, 4) is 5.75 Å². The van der Waals surface area contributed by atoms with E-state index >= 15 is 0 Å². The molecule has 1 amide bonds. The molecular weight excluding hydrogens is 430 g/mol. The van der Waals surface area contributed by atoms with Crippen molar-refractivity contribution in [2.45, 2.75) is 32.7 Å². The maximum absolute atomic E-state index is 13.3. The predicted molar refractivity (Wildman–Crippen MR) is 134 cm³/mol. The minimum Gasteiger partial charge on any atom is -0.493 e. The van der Waals surface area contributed by atoms with Gasteiger partial charge < -0.3 is 24.7 Å². The van der Waals surface area contributed by atoms with E-state index in [1.807, 2.05) is 43.0 Å². The summed E-state index contributed by atoms with van der Waals surface area (Å²) in [5, 5.41) is 12.2. The summed E-state index contributed by atoms with van der Waals surface area (Å²) < 4.78 is 9.13. The molecule has 4 heterocycles. The second-order valence-electron chi connectivity index (χ2n) is 8.88. The first-order chi connectivity index (χ1) is 16.5. The highest BCUT2D eigenvalue weighted by atomic mass is 16.5. The van der Waals surface area contributed by atoms with Crippen LogP contribution in [-0.2, 0) is 7.05 Å². The number of ether oxygens (including phenoxy) is 1. The molecule has 0 bridgehead atoms. The van der Waals surface area contributed by atoms with Gasteiger partial charge in [0, 0.05) is 61.9 Å². The van der Waals surface area contributed by atoms with Crippen LogP contribution in [0.2, 0.25) is 0 Å². The Bertz CT molecular complexity index is 1350. The number of anilines is 2. The first kappa shape index (κ1) is 22.2. The van der Waals surface area contributed by atoms with Crippen LogP contribution in [0, 0.1) is 6.92 Å². The first-order valence-electron chi connectivity index (χ1n) is 11.8. The average molecular weight is 462 g/mol. The monoisotopic (exact) mass is 461 g/mol. The van der Waals surface area contributed by atoms with E-state index in [9.17, 15) is 4.79 Å². The van der Waals surface area contributed by atoms with Crippen LogP contribution in [0.5, 0.6) is 5.75 Å². The number of carbonyl (C=O) groups is 1. The summed E-state index contributed by atoms with van der Waals surface area (Å²) >= 11 is 0. The number of hydrogen-bond donors (Lipinski definition) is 2. The highest BCUT2D eigenvalue weighted by Crippen LogP contribution is 2.32. The average Bonchev–Trinajstić information content (AvgIpc) is 3.39. The van der Waals surface area contributed by atoms with Gasteiger partial charge in [0.2, 0.25) is 0 Å². The Morgan fingerprint density at radius 3 is 2.74 bits per heavy atom. The van der Waals surface area contributed by atoms with Crippen molar-refractivity contribution in [2.24, 2.45) is 7.05 Å². The summed E-state index contributed by atoms with van der Waals surface area (Å²) in [5.41, 5.74) is 4.60. The molecule has 1 aliphatic heterocycles. The Morgan fingerprint density at radius 2 is 2.00 bits per heavy atom. The molecule has 34 heavy (non-hydrogen) atoms. The van der Waals surface area contributed by atoms with E-state index in [1.165, 1.54) is 0 Å². The molecule has 4 aromatic rings. The van der Waals surface area contributed by atoms with Gasteiger partial charge in [0.25, 0.3) is 5.91 Å². The van der Waals surface area contributed by atoms with E-state index < -0.39 is 0 Å².